The maximum atomic E-state index is 5.36. The van der Waals surface area contributed by atoms with Gasteiger partial charge in [0.15, 0.2) is 0 Å². The second-order valence-electron chi connectivity index (χ2n) is 2.77. The third kappa shape index (κ3) is 3.69. The average Bonchev–Trinajstić information content (AvgIpc) is 2.49. The molecule has 0 aliphatic heterocycles. The number of nitrogens with one attached hydrogen (secondary N) is 1. The van der Waals surface area contributed by atoms with Crippen molar-refractivity contribution in [2.75, 3.05) is 18.5 Å². The van der Waals surface area contributed by atoms with E-state index in [-0.39, 0.29) is 6.10 Å². The maximum absolute atomic E-state index is 5.36. The minimum Gasteiger partial charge on any atom is -0.377 e. The summed E-state index contributed by atoms with van der Waals surface area (Å²) >= 11 is 1.56. The molecule has 0 aliphatic carbocycles. The number of hydrogen-bond donors (Lipinski definition) is 1. The molecule has 0 fully saturated rings. The lowest BCUT2D eigenvalue weighted by Crippen LogP contribution is -2.19. The van der Waals surface area contributed by atoms with Crippen LogP contribution in [0.5, 0.6) is 0 Å². The molecule has 1 unspecified atom stereocenters. The molecule has 1 aromatic heterocycles. The van der Waals surface area contributed by atoms with E-state index in [0.717, 1.165) is 23.3 Å². The largest absolute Gasteiger partial charge is 0.377 e. The molecule has 0 aromatic carbocycles. The highest BCUT2D eigenvalue weighted by molar-refractivity contribution is 7.15. The van der Waals surface area contributed by atoms with Gasteiger partial charge in [-0.1, -0.05) is 11.3 Å². The normalized spacial score (nSPS) is 12.8. The van der Waals surface area contributed by atoms with E-state index in [0.29, 0.717) is 0 Å². The molecule has 1 N–H and O–H groups in total. The molecule has 1 aromatic rings. The van der Waals surface area contributed by atoms with E-state index in [1.54, 1.807) is 11.3 Å². The fourth-order valence-electron chi connectivity index (χ4n) is 0.942. The zero-order valence-electron chi connectivity index (χ0n) is 8.20. The molecule has 0 spiro atoms. The van der Waals surface area contributed by atoms with Gasteiger partial charge in [-0.3, -0.25) is 0 Å². The van der Waals surface area contributed by atoms with Crippen LogP contribution in [0.1, 0.15) is 18.9 Å². The molecular weight excluding hydrogens is 186 g/mol. The van der Waals surface area contributed by atoms with Gasteiger partial charge in [-0.05, 0) is 20.8 Å². The molecule has 13 heavy (non-hydrogen) atoms. The van der Waals surface area contributed by atoms with Crippen LogP contribution in [0.2, 0.25) is 0 Å². The van der Waals surface area contributed by atoms with Gasteiger partial charge in [0, 0.05) is 13.2 Å². The second kappa shape index (κ2) is 5.14. The number of aromatic nitrogens is 2. The highest BCUT2D eigenvalue weighted by Gasteiger charge is 2.03. The van der Waals surface area contributed by atoms with Crippen LogP contribution in [0.4, 0.5) is 5.13 Å². The van der Waals surface area contributed by atoms with E-state index < -0.39 is 0 Å². The third-order valence-electron chi connectivity index (χ3n) is 1.52. The maximum Gasteiger partial charge on any atom is 0.205 e. The van der Waals surface area contributed by atoms with Crippen LogP contribution >= 0.6 is 11.3 Å². The fourth-order valence-corrected chi connectivity index (χ4v) is 1.54. The minimum absolute atomic E-state index is 0.217. The molecule has 1 atom stereocenters. The number of rotatable bonds is 5. The molecule has 0 amide bonds. The quantitative estimate of drug-likeness (QED) is 0.787. The van der Waals surface area contributed by atoms with Crippen molar-refractivity contribution in [2.45, 2.75) is 26.9 Å². The molecule has 0 saturated carbocycles. The fraction of sp³-hybridized carbons (Fsp3) is 0.750. The topological polar surface area (TPSA) is 47.0 Å². The lowest BCUT2D eigenvalue weighted by atomic mass is 10.4. The van der Waals surface area contributed by atoms with Gasteiger partial charge in [0.05, 0.1) is 6.10 Å². The molecular formula is C8H15N3OS. The Balaban J connectivity index is 2.26. The predicted octanol–water partition coefficient (Wildman–Crippen LogP) is 1.68. The van der Waals surface area contributed by atoms with Gasteiger partial charge in [0.1, 0.15) is 5.01 Å². The second-order valence-corrected chi connectivity index (χ2v) is 3.95. The van der Waals surface area contributed by atoms with Gasteiger partial charge in [-0.15, -0.1) is 10.2 Å². The Morgan fingerprint density at radius 2 is 2.31 bits per heavy atom. The van der Waals surface area contributed by atoms with Crippen LogP contribution < -0.4 is 5.32 Å². The molecule has 0 radical (unpaired) electrons. The number of ether oxygens (including phenoxy) is 1. The Labute approximate surface area is 82.3 Å². The zero-order valence-corrected chi connectivity index (χ0v) is 9.02. The van der Waals surface area contributed by atoms with Gasteiger partial charge in [-0.25, -0.2) is 0 Å². The highest BCUT2D eigenvalue weighted by atomic mass is 32.1. The Morgan fingerprint density at radius 1 is 1.54 bits per heavy atom. The van der Waals surface area contributed by atoms with Crippen molar-refractivity contribution in [1.29, 1.82) is 0 Å². The van der Waals surface area contributed by atoms with Gasteiger partial charge < -0.3 is 10.1 Å². The van der Waals surface area contributed by atoms with E-state index >= 15 is 0 Å². The van der Waals surface area contributed by atoms with Crippen LogP contribution in [0.15, 0.2) is 0 Å². The number of hydrogen-bond acceptors (Lipinski definition) is 5. The Hall–Kier alpha value is -0.680. The lowest BCUT2D eigenvalue weighted by molar-refractivity contribution is 0.0855. The van der Waals surface area contributed by atoms with Crippen LogP contribution in [-0.4, -0.2) is 29.5 Å². The summed E-state index contributed by atoms with van der Waals surface area (Å²) in [4.78, 5) is 0. The van der Waals surface area contributed by atoms with Gasteiger partial charge in [0.2, 0.25) is 5.13 Å². The molecule has 0 saturated heterocycles. The summed E-state index contributed by atoms with van der Waals surface area (Å²) in [5, 5.41) is 12.9. The Kier molecular flexibility index (Phi) is 4.11. The molecule has 0 aliphatic rings. The van der Waals surface area contributed by atoms with E-state index in [9.17, 15) is 0 Å². The van der Waals surface area contributed by atoms with Crippen LogP contribution in [0.25, 0.3) is 0 Å². The van der Waals surface area contributed by atoms with E-state index in [2.05, 4.69) is 15.5 Å². The molecule has 5 heteroatoms. The SMILES string of the molecule is CCOC(C)CNc1nnc(C)s1. The summed E-state index contributed by atoms with van der Waals surface area (Å²) in [6.45, 7) is 7.49. The highest BCUT2D eigenvalue weighted by Crippen LogP contribution is 2.13. The first kappa shape index (κ1) is 10.4. The van der Waals surface area contributed by atoms with E-state index in [1.165, 1.54) is 0 Å². The minimum atomic E-state index is 0.217. The first-order chi connectivity index (χ1) is 6.22. The van der Waals surface area contributed by atoms with Crippen LogP contribution in [0.3, 0.4) is 0 Å². The van der Waals surface area contributed by atoms with E-state index in [1.807, 2.05) is 20.8 Å². The summed E-state index contributed by atoms with van der Waals surface area (Å²) < 4.78 is 5.36. The van der Waals surface area contributed by atoms with Gasteiger partial charge in [-0.2, -0.15) is 0 Å². The summed E-state index contributed by atoms with van der Waals surface area (Å²) in [5.41, 5.74) is 0. The first-order valence-corrected chi connectivity index (χ1v) is 5.19. The van der Waals surface area contributed by atoms with Crippen molar-refractivity contribution >= 4 is 16.5 Å². The summed E-state index contributed by atoms with van der Waals surface area (Å²) in [6.07, 6.45) is 0.217. The van der Waals surface area contributed by atoms with Gasteiger partial charge in [0.25, 0.3) is 0 Å². The monoisotopic (exact) mass is 201 g/mol. The van der Waals surface area contributed by atoms with E-state index in [4.69, 9.17) is 4.74 Å². The standard InChI is InChI=1S/C8H15N3OS/c1-4-12-6(2)5-9-8-11-10-7(3)13-8/h6H,4-5H2,1-3H3,(H,9,11). The predicted molar refractivity (Wildman–Crippen MR) is 54.2 cm³/mol. The van der Waals surface area contributed by atoms with Crippen LogP contribution in [-0.2, 0) is 4.74 Å². The average molecular weight is 201 g/mol. The first-order valence-electron chi connectivity index (χ1n) is 4.38. The molecule has 4 nitrogen and oxygen atoms in total. The summed E-state index contributed by atoms with van der Waals surface area (Å²) in [7, 11) is 0. The molecule has 1 rings (SSSR count). The molecule has 74 valence electrons. The van der Waals surface area contributed by atoms with Crippen molar-refractivity contribution in [3.05, 3.63) is 5.01 Å². The van der Waals surface area contributed by atoms with Crippen molar-refractivity contribution in [2.24, 2.45) is 0 Å². The Morgan fingerprint density at radius 3 is 2.85 bits per heavy atom. The molecule has 0 bridgehead atoms. The van der Waals surface area contributed by atoms with Crippen LogP contribution in [0, 0.1) is 6.92 Å². The summed E-state index contributed by atoms with van der Waals surface area (Å²) in [6, 6.07) is 0. The smallest absolute Gasteiger partial charge is 0.205 e. The lowest BCUT2D eigenvalue weighted by Gasteiger charge is -2.10. The van der Waals surface area contributed by atoms with Crippen molar-refractivity contribution in [1.82, 2.24) is 10.2 Å². The van der Waals surface area contributed by atoms with Gasteiger partial charge >= 0.3 is 0 Å². The summed E-state index contributed by atoms with van der Waals surface area (Å²) in [5.74, 6) is 0. The Bertz CT molecular complexity index is 251. The molecule has 1 heterocycles. The number of nitrogens with zero attached hydrogens (tertiary/aromatic N) is 2. The number of aryl methyl sites for hydroxylation is 1. The third-order valence-corrected chi connectivity index (χ3v) is 2.31. The van der Waals surface area contributed by atoms with Crippen molar-refractivity contribution < 1.29 is 4.74 Å². The van der Waals surface area contributed by atoms with Crippen molar-refractivity contribution in [3.8, 4) is 0 Å². The zero-order chi connectivity index (χ0) is 9.68. The van der Waals surface area contributed by atoms with Crippen molar-refractivity contribution in [3.63, 3.8) is 0 Å². The number of anilines is 1.